The van der Waals surface area contributed by atoms with Crippen molar-refractivity contribution in [2.24, 2.45) is 5.41 Å². The second-order valence-electron chi connectivity index (χ2n) is 7.93. The Hall–Kier alpha value is -2.55. The predicted molar refractivity (Wildman–Crippen MR) is 104 cm³/mol. The Morgan fingerprint density at radius 3 is 2.21 bits per heavy atom. The largest absolute Gasteiger partial charge is 0.416 e. The van der Waals surface area contributed by atoms with Gasteiger partial charge in [-0.25, -0.2) is 8.42 Å². The second-order valence-corrected chi connectivity index (χ2v) is 9.61. The van der Waals surface area contributed by atoms with Crippen LogP contribution in [0.1, 0.15) is 31.9 Å². The summed E-state index contributed by atoms with van der Waals surface area (Å²) in [5.41, 5.74) is 0.289. The van der Waals surface area contributed by atoms with Crippen LogP contribution >= 0.6 is 0 Å². The van der Waals surface area contributed by atoms with Crippen molar-refractivity contribution in [2.75, 3.05) is 16.2 Å². The fourth-order valence-electron chi connectivity index (χ4n) is 3.10. The summed E-state index contributed by atoms with van der Waals surface area (Å²) in [6.07, 6.45) is -3.87. The lowest BCUT2D eigenvalue weighted by Crippen LogP contribution is -2.38. The van der Waals surface area contributed by atoms with Gasteiger partial charge in [-0.2, -0.15) is 13.2 Å². The van der Waals surface area contributed by atoms with Crippen LogP contribution in [0.25, 0.3) is 0 Å². The van der Waals surface area contributed by atoms with E-state index in [2.05, 4.69) is 4.72 Å². The number of alkyl halides is 3. The molecule has 1 aliphatic heterocycles. The normalized spacial score (nSPS) is 14.6. The number of halogens is 3. The minimum absolute atomic E-state index is 0.0704. The van der Waals surface area contributed by atoms with E-state index in [1.807, 2.05) is 20.8 Å². The maximum absolute atomic E-state index is 12.7. The molecule has 1 N–H and O–H groups in total. The summed E-state index contributed by atoms with van der Waals surface area (Å²) >= 11 is 0. The molecule has 0 atom stereocenters. The third-order valence-corrected chi connectivity index (χ3v) is 6.01. The standard InChI is InChI=1S/C20H21F3N2O3S/c1-19(2,3)18(26)25-11-10-13-4-7-15(12-17(13)25)24-29(27,28)16-8-5-14(6-9-16)20(21,22)23/h4-9,12,24H,10-11H2,1-3H3. The molecule has 0 radical (unpaired) electrons. The lowest BCUT2D eigenvalue weighted by Gasteiger charge is -2.26. The molecule has 0 saturated carbocycles. The number of anilines is 2. The highest BCUT2D eigenvalue weighted by atomic mass is 32.2. The molecule has 1 heterocycles. The van der Waals surface area contributed by atoms with E-state index < -0.39 is 27.2 Å². The molecule has 0 aromatic heterocycles. The molecule has 0 bridgehead atoms. The molecule has 156 valence electrons. The van der Waals surface area contributed by atoms with Crippen LogP contribution in [-0.2, 0) is 27.4 Å². The lowest BCUT2D eigenvalue weighted by molar-refractivity contribution is -0.137. The Kier molecular flexibility index (Phi) is 5.15. The molecule has 3 rings (SSSR count). The lowest BCUT2D eigenvalue weighted by atomic mass is 9.94. The van der Waals surface area contributed by atoms with Crippen LogP contribution in [0.5, 0.6) is 0 Å². The van der Waals surface area contributed by atoms with Crippen molar-refractivity contribution in [2.45, 2.75) is 38.3 Å². The second kappa shape index (κ2) is 7.05. The first-order valence-electron chi connectivity index (χ1n) is 8.94. The summed E-state index contributed by atoms with van der Waals surface area (Å²) in [7, 11) is -4.08. The van der Waals surface area contributed by atoms with Crippen LogP contribution in [0.15, 0.2) is 47.4 Å². The summed E-state index contributed by atoms with van der Waals surface area (Å²) in [4.78, 5) is 14.0. The summed E-state index contributed by atoms with van der Waals surface area (Å²) in [5, 5.41) is 0. The van der Waals surface area contributed by atoms with Crippen molar-refractivity contribution in [3.05, 3.63) is 53.6 Å². The van der Waals surface area contributed by atoms with Crippen LogP contribution in [0.4, 0.5) is 24.5 Å². The van der Waals surface area contributed by atoms with Gasteiger partial charge in [0.25, 0.3) is 10.0 Å². The van der Waals surface area contributed by atoms with E-state index >= 15 is 0 Å². The number of hydrogen-bond donors (Lipinski definition) is 1. The van der Waals surface area contributed by atoms with Crippen molar-refractivity contribution >= 4 is 27.3 Å². The molecule has 0 fully saturated rings. The van der Waals surface area contributed by atoms with E-state index in [0.29, 0.717) is 18.7 Å². The number of benzene rings is 2. The van der Waals surface area contributed by atoms with E-state index in [0.717, 1.165) is 29.8 Å². The third kappa shape index (κ3) is 4.39. The molecule has 2 aromatic carbocycles. The number of nitrogens with zero attached hydrogens (tertiary/aromatic N) is 1. The van der Waals surface area contributed by atoms with Crippen LogP contribution < -0.4 is 9.62 Å². The summed E-state index contributed by atoms with van der Waals surface area (Å²) in [5.74, 6) is -0.0704. The monoisotopic (exact) mass is 426 g/mol. The maximum atomic E-state index is 12.7. The van der Waals surface area contributed by atoms with Gasteiger partial charge < -0.3 is 4.90 Å². The van der Waals surface area contributed by atoms with Gasteiger partial charge in [0.05, 0.1) is 16.1 Å². The molecule has 0 spiro atoms. The number of fused-ring (bicyclic) bond motifs is 1. The van der Waals surface area contributed by atoms with Gasteiger partial charge >= 0.3 is 6.18 Å². The van der Waals surface area contributed by atoms with E-state index in [1.165, 1.54) is 0 Å². The molecule has 1 aliphatic rings. The minimum atomic E-state index is -4.54. The summed E-state index contributed by atoms with van der Waals surface area (Å²) < 4.78 is 65.5. The van der Waals surface area contributed by atoms with Gasteiger partial charge in [0, 0.05) is 17.6 Å². The van der Waals surface area contributed by atoms with Crippen LogP contribution in [0.3, 0.4) is 0 Å². The van der Waals surface area contributed by atoms with Crippen molar-refractivity contribution < 1.29 is 26.4 Å². The average molecular weight is 426 g/mol. The fourth-order valence-corrected chi connectivity index (χ4v) is 4.15. The van der Waals surface area contributed by atoms with Gasteiger partial charge in [-0.15, -0.1) is 0 Å². The Morgan fingerprint density at radius 2 is 1.66 bits per heavy atom. The number of sulfonamides is 1. The number of nitrogens with one attached hydrogen (secondary N) is 1. The van der Waals surface area contributed by atoms with E-state index in [1.54, 1.807) is 23.1 Å². The predicted octanol–water partition coefficient (Wildman–Crippen LogP) is 4.44. The Bertz CT molecular complexity index is 1040. The molecule has 5 nitrogen and oxygen atoms in total. The number of rotatable bonds is 3. The Balaban J connectivity index is 1.87. The van der Waals surface area contributed by atoms with Gasteiger partial charge in [0.1, 0.15) is 0 Å². The zero-order valence-corrected chi connectivity index (χ0v) is 17.0. The van der Waals surface area contributed by atoms with E-state index in [9.17, 15) is 26.4 Å². The smallest absolute Gasteiger partial charge is 0.311 e. The molecule has 0 aliphatic carbocycles. The van der Waals surface area contributed by atoms with E-state index in [-0.39, 0.29) is 16.5 Å². The van der Waals surface area contributed by atoms with Crippen LogP contribution in [-0.4, -0.2) is 20.9 Å². The van der Waals surface area contributed by atoms with Gasteiger partial charge in [0.15, 0.2) is 0 Å². The molecular weight excluding hydrogens is 405 g/mol. The fraction of sp³-hybridized carbons (Fsp3) is 0.350. The topological polar surface area (TPSA) is 66.5 Å². The maximum Gasteiger partial charge on any atom is 0.416 e. The molecule has 2 aromatic rings. The molecule has 29 heavy (non-hydrogen) atoms. The molecule has 0 saturated heterocycles. The van der Waals surface area contributed by atoms with Crippen LogP contribution in [0, 0.1) is 5.41 Å². The minimum Gasteiger partial charge on any atom is -0.311 e. The Morgan fingerprint density at radius 1 is 1.03 bits per heavy atom. The molecule has 9 heteroatoms. The molecule has 1 amide bonds. The van der Waals surface area contributed by atoms with Gasteiger partial charge in [-0.3, -0.25) is 9.52 Å². The highest BCUT2D eigenvalue weighted by molar-refractivity contribution is 7.92. The highest BCUT2D eigenvalue weighted by Gasteiger charge is 2.33. The number of carbonyl (C=O) groups excluding carboxylic acids is 1. The summed E-state index contributed by atoms with van der Waals surface area (Å²) in [6.45, 7) is 5.94. The highest BCUT2D eigenvalue weighted by Crippen LogP contribution is 2.35. The average Bonchev–Trinajstić information content (AvgIpc) is 3.02. The van der Waals surface area contributed by atoms with Gasteiger partial charge in [-0.1, -0.05) is 26.8 Å². The zero-order valence-electron chi connectivity index (χ0n) is 16.2. The number of hydrogen-bond acceptors (Lipinski definition) is 3. The summed E-state index contributed by atoms with van der Waals surface area (Å²) in [6, 6.07) is 8.17. The third-order valence-electron chi connectivity index (χ3n) is 4.61. The number of amides is 1. The van der Waals surface area contributed by atoms with Crippen molar-refractivity contribution in [3.63, 3.8) is 0 Å². The zero-order chi connectivity index (χ0) is 21.6. The first-order valence-corrected chi connectivity index (χ1v) is 10.4. The van der Waals surface area contributed by atoms with Crippen molar-refractivity contribution in [3.8, 4) is 0 Å². The first-order chi connectivity index (χ1) is 13.3. The first kappa shape index (κ1) is 21.2. The molecular formula is C20H21F3N2O3S. The quantitative estimate of drug-likeness (QED) is 0.789. The van der Waals surface area contributed by atoms with Gasteiger partial charge in [0.2, 0.25) is 5.91 Å². The van der Waals surface area contributed by atoms with Crippen molar-refractivity contribution in [1.82, 2.24) is 0 Å². The van der Waals surface area contributed by atoms with Gasteiger partial charge in [-0.05, 0) is 48.4 Å². The van der Waals surface area contributed by atoms with E-state index in [4.69, 9.17) is 0 Å². The van der Waals surface area contributed by atoms with Crippen LogP contribution in [0.2, 0.25) is 0 Å². The van der Waals surface area contributed by atoms with Crippen molar-refractivity contribution in [1.29, 1.82) is 0 Å². The Labute approximate surface area is 167 Å². The molecule has 0 unspecified atom stereocenters. The SMILES string of the molecule is CC(C)(C)C(=O)N1CCc2ccc(NS(=O)(=O)c3ccc(C(F)(F)F)cc3)cc21. The number of carbonyl (C=O) groups is 1.